The number of ether oxygens (including phenoxy) is 2. The molecule has 0 aliphatic heterocycles. The molecule has 1 rings (SSSR count). The number of hydrogen-bond donors (Lipinski definition) is 2. The molecule has 0 radical (unpaired) electrons. The molecule has 0 unspecified atom stereocenters. The summed E-state index contributed by atoms with van der Waals surface area (Å²) in [4.78, 5) is 29.4. The van der Waals surface area contributed by atoms with Gasteiger partial charge in [-0.2, -0.15) is 9.97 Å². The minimum absolute atomic E-state index is 0.00147. The Morgan fingerprint density at radius 3 is 2.22 bits per heavy atom. The van der Waals surface area contributed by atoms with Gasteiger partial charge in [0.15, 0.2) is 0 Å². The van der Waals surface area contributed by atoms with Crippen LogP contribution in [-0.4, -0.2) is 41.2 Å². The van der Waals surface area contributed by atoms with E-state index < -0.39 is 11.9 Å². The van der Waals surface area contributed by atoms with E-state index in [0.717, 1.165) is 0 Å². The third-order valence-electron chi connectivity index (χ3n) is 1.91. The van der Waals surface area contributed by atoms with Crippen molar-refractivity contribution in [3.8, 4) is 11.8 Å². The van der Waals surface area contributed by atoms with Crippen molar-refractivity contribution in [3.05, 3.63) is 6.07 Å². The average Bonchev–Trinajstić information content (AvgIpc) is 2.35. The molecular formula is C10H13N3O5. The second-order valence-electron chi connectivity index (χ2n) is 3.22. The van der Waals surface area contributed by atoms with E-state index in [2.05, 4.69) is 15.3 Å². The quantitative estimate of drug-likeness (QED) is 0.751. The van der Waals surface area contributed by atoms with Crippen LogP contribution in [0, 0.1) is 0 Å². The molecule has 2 N–H and O–H groups in total. The molecule has 0 aliphatic carbocycles. The minimum atomic E-state index is -1.05. The summed E-state index contributed by atoms with van der Waals surface area (Å²) < 4.78 is 9.80. The molecule has 0 saturated heterocycles. The SMILES string of the molecule is COc1cc(OC)nc(NC(=O)CCC(=O)O)n1. The van der Waals surface area contributed by atoms with Crippen LogP contribution in [0.25, 0.3) is 0 Å². The third-order valence-corrected chi connectivity index (χ3v) is 1.91. The molecule has 0 spiro atoms. The van der Waals surface area contributed by atoms with Gasteiger partial charge in [0, 0.05) is 6.42 Å². The number of carbonyl (C=O) groups is 2. The highest BCUT2D eigenvalue weighted by molar-refractivity contribution is 5.90. The maximum atomic E-state index is 11.4. The highest BCUT2D eigenvalue weighted by Gasteiger charge is 2.10. The van der Waals surface area contributed by atoms with Gasteiger partial charge < -0.3 is 14.6 Å². The largest absolute Gasteiger partial charge is 0.481 e. The molecule has 8 nitrogen and oxygen atoms in total. The molecule has 0 atom stereocenters. The molecule has 0 aliphatic rings. The number of amides is 1. The molecule has 0 bridgehead atoms. The summed E-state index contributed by atoms with van der Waals surface area (Å²) >= 11 is 0. The monoisotopic (exact) mass is 255 g/mol. The average molecular weight is 255 g/mol. The molecule has 1 aromatic heterocycles. The summed E-state index contributed by atoms with van der Waals surface area (Å²) in [7, 11) is 2.83. The number of methoxy groups -OCH3 is 2. The first-order valence-electron chi connectivity index (χ1n) is 5.04. The van der Waals surface area contributed by atoms with Crippen LogP contribution in [-0.2, 0) is 9.59 Å². The third kappa shape index (κ3) is 4.24. The first-order valence-corrected chi connectivity index (χ1v) is 5.04. The summed E-state index contributed by atoms with van der Waals surface area (Å²) in [5.41, 5.74) is 0. The Morgan fingerprint density at radius 1 is 1.22 bits per heavy atom. The second-order valence-corrected chi connectivity index (χ2v) is 3.22. The zero-order valence-electron chi connectivity index (χ0n) is 9.97. The van der Waals surface area contributed by atoms with E-state index in [1.165, 1.54) is 20.3 Å². The Labute approximate surface area is 103 Å². The lowest BCUT2D eigenvalue weighted by Gasteiger charge is -2.06. The number of carboxylic acid groups (broad SMARTS) is 1. The lowest BCUT2D eigenvalue weighted by Crippen LogP contribution is -2.15. The fraction of sp³-hybridized carbons (Fsp3) is 0.400. The van der Waals surface area contributed by atoms with Crippen molar-refractivity contribution in [3.63, 3.8) is 0 Å². The van der Waals surface area contributed by atoms with Crippen LogP contribution in [0.15, 0.2) is 6.07 Å². The van der Waals surface area contributed by atoms with Gasteiger partial charge >= 0.3 is 5.97 Å². The van der Waals surface area contributed by atoms with Crippen LogP contribution < -0.4 is 14.8 Å². The topological polar surface area (TPSA) is 111 Å². The van der Waals surface area contributed by atoms with Gasteiger partial charge in [-0.3, -0.25) is 14.9 Å². The molecule has 98 valence electrons. The van der Waals surface area contributed by atoms with Gasteiger partial charge in [0.2, 0.25) is 23.6 Å². The Kier molecular flexibility index (Phi) is 4.85. The number of anilines is 1. The number of rotatable bonds is 6. The molecule has 0 saturated carbocycles. The van der Waals surface area contributed by atoms with Crippen molar-refractivity contribution >= 4 is 17.8 Å². The Morgan fingerprint density at radius 2 is 1.78 bits per heavy atom. The van der Waals surface area contributed by atoms with Crippen LogP contribution in [0.4, 0.5) is 5.95 Å². The first kappa shape index (κ1) is 13.7. The van der Waals surface area contributed by atoms with Gasteiger partial charge in [0.05, 0.1) is 26.7 Å². The standard InChI is InChI=1S/C10H13N3O5/c1-17-7-5-8(18-2)13-10(12-7)11-6(14)3-4-9(15)16/h5H,3-4H2,1-2H3,(H,15,16)(H,11,12,13,14). The summed E-state index contributed by atoms with van der Waals surface area (Å²) in [6.45, 7) is 0. The van der Waals surface area contributed by atoms with E-state index in [4.69, 9.17) is 14.6 Å². The van der Waals surface area contributed by atoms with E-state index in [-0.39, 0.29) is 30.5 Å². The van der Waals surface area contributed by atoms with Gasteiger partial charge in [0.1, 0.15) is 0 Å². The normalized spacial score (nSPS) is 9.67. The lowest BCUT2D eigenvalue weighted by atomic mass is 10.3. The Bertz CT molecular complexity index is 427. The number of aromatic nitrogens is 2. The number of nitrogens with zero attached hydrogens (tertiary/aromatic N) is 2. The molecule has 0 fully saturated rings. The van der Waals surface area contributed by atoms with Crippen molar-refractivity contribution in [2.24, 2.45) is 0 Å². The van der Waals surface area contributed by atoms with Crippen LogP contribution in [0.1, 0.15) is 12.8 Å². The van der Waals surface area contributed by atoms with Crippen LogP contribution >= 0.6 is 0 Å². The number of carbonyl (C=O) groups excluding carboxylic acids is 1. The number of aliphatic carboxylic acids is 1. The second kappa shape index (κ2) is 6.38. The Balaban J connectivity index is 2.71. The molecule has 0 aromatic carbocycles. The van der Waals surface area contributed by atoms with E-state index in [0.29, 0.717) is 0 Å². The summed E-state index contributed by atoms with van der Waals surface area (Å²) in [5.74, 6) is -1.07. The number of carboxylic acids is 1. The van der Waals surface area contributed by atoms with Gasteiger partial charge in [-0.05, 0) is 0 Å². The van der Waals surface area contributed by atoms with Crippen LogP contribution in [0.5, 0.6) is 11.8 Å². The first-order chi connectivity index (χ1) is 8.55. The fourth-order valence-corrected chi connectivity index (χ4v) is 1.08. The molecule has 1 aromatic rings. The zero-order valence-corrected chi connectivity index (χ0v) is 9.97. The highest BCUT2D eigenvalue weighted by atomic mass is 16.5. The maximum absolute atomic E-state index is 11.4. The minimum Gasteiger partial charge on any atom is -0.481 e. The van der Waals surface area contributed by atoms with Crippen LogP contribution in [0.2, 0.25) is 0 Å². The molecule has 1 amide bonds. The van der Waals surface area contributed by atoms with Crippen molar-refractivity contribution in [2.75, 3.05) is 19.5 Å². The zero-order chi connectivity index (χ0) is 13.5. The number of nitrogens with one attached hydrogen (secondary N) is 1. The van der Waals surface area contributed by atoms with Crippen molar-refractivity contribution < 1.29 is 24.2 Å². The maximum Gasteiger partial charge on any atom is 0.303 e. The smallest absolute Gasteiger partial charge is 0.303 e. The lowest BCUT2D eigenvalue weighted by molar-refractivity contribution is -0.138. The van der Waals surface area contributed by atoms with E-state index >= 15 is 0 Å². The highest BCUT2D eigenvalue weighted by Crippen LogP contribution is 2.17. The van der Waals surface area contributed by atoms with Gasteiger partial charge in [0.25, 0.3) is 0 Å². The number of hydrogen-bond acceptors (Lipinski definition) is 6. The molecule has 8 heteroatoms. The van der Waals surface area contributed by atoms with Crippen molar-refractivity contribution in [2.45, 2.75) is 12.8 Å². The van der Waals surface area contributed by atoms with E-state index in [1.807, 2.05) is 0 Å². The van der Waals surface area contributed by atoms with Crippen LogP contribution in [0.3, 0.4) is 0 Å². The van der Waals surface area contributed by atoms with E-state index in [9.17, 15) is 9.59 Å². The predicted octanol–water partition coefficient (Wildman–Crippen LogP) is 0.297. The van der Waals surface area contributed by atoms with Crippen molar-refractivity contribution in [1.29, 1.82) is 0 Å². The Hall–Kier alpha value is -2.38. The molecule has 18 heavy (non-hydrogen) atoms. The van der Waals surface area contributed by atoms with Gasteiger partial charge in [-0.25, -0.2) is 0 Å². The molecule has 1 heterocycles. The summed E-state index contributed by atoms with van der Waals surface area (Å²) in [5, 5.41) is 10.8. The molecular weight excluding hydrogens is 242 g/mol. The summed E-state index contributed by atoms with van der Waals surface area (Å²) in [6, 6.07) is 1.45. The van der Waals surface area contributed by atoms with Gasteiger partial charge in [-0.15, -0.1) is 0 Å². The van der Waals surface area contributed by atoms with Gasteiger partial charge in [-0.1, -0.05) is 0 Å². The van der Waals surface area contributed by atoms with Crippen molar-refractivity contribution in [1.82, 2.24) is 9.97 Å². The fourth-order valence-electron chi connectivity index (χ4n) is 1.08. The predicted molar refractivity (Wildman–Crippen MR) is 60.6 cm³/mol. The summed E-state index contributed by atoms with van der Waals surface area (Å²) in [6.07, 6.45) is -0.412. The van der Waals surface area contributed by atoms with E-state index in [1.54, 1.807) is 0 Å².